The quantitative estimate of drug-likeness (QED) is 0.834. The van der Waals surface area contributed by atoms with Gasteiger partial charge in [0.15, 0.2) is 9.84 Å². The number of rotatable bonds is 2. The van der Waals surface area contributed by atoms with E-state index in [1.54, 1.807) is 24.3 Å². The molecule has 0 saturated carbocycles. The first-order valence-electron chi connectivity index (χ1n) is 6.84. The number of sulfone groups is 1. The molecule has 110 valence electrons. The van der Waals surface area contributed by atoms with Crippen LogP contribution in [0.15, 0.2) is 29.2 Å². The van der Waals surface area contributed by atoms with Crippen LogP contribution in [0, 0.1) is 0 Å². The Labute approximate surface area is 119 Å². The second-order valence-electron chi connectivity index (χ2n) is 5.53. The van der Waals surface area contributed by atoms with E-state index in [-0.39, 0.29) is 4.90 Å². The lowest BCUT2D eigenvalue weighted by Gasteiger charge is -2.36. The summed E-state index contributed by atoms with van der Waals surface area (Å²) in [4.78, 5) is 0.237. The minimum Gasteiger partial charge on any atom is -0.398 e. The first-order valence-corrected chi connectivity index (χ1v) is 8.38. The molecule has 2 atom stereocenters. The van der Waals surface area contributed by atoms with Gasteiger partial charge in [0.25, 0.3) is 0 Å². The summed E-state index contributed by atoms with van der Waals surface area (Å²) >= 11 is 0. The number of nitrogens with two attached hydrogens (primary N) is 1. The summed E-state index contributed by atoms with van der Waals surface area (Å²) in [6, 6.07) is 6.65. The van der Waals surface area contributed by atoms with Crippen molar-refractivity contribution in [2.45, 2.75) is 35.0 Å². The Morgan fingerprint density at radius 3 is 2.75 bits per heavy atom. The summed E-state index contributed by atoms with van der Waals surface area (Å²) < 4.78 is 36.7. The molecule has 1 spiro atoms. The number of ether oxygens (including phenoxy) is 2. The van der Waals surface area contributed by atoms with Crippen molar-refractivity contribution in [3.05, 3.63) is 24.3 Å². The highest BCUT2D eigenvalue weighted by Crippen LogP contribution is 2.38. The molecule has 0 aromatic heterocycles. The minimum atomic E-state index is -3.42. The maximum atomic E-state index is 12.8. The fourth-order valence-corrected chi connectivity index (χ4v) is 4.98. The molecular weight excluding hydrogens is 278 g/mol. The number of hydrogen-bond donors (Lipinski definition) is 1. The van der Waals surface area contributed by atoms with Gasteiger partial charge in [0.2, 0.25) is 0 Å². The van der Waals surface area contributed by atoms with Crippen molar-refractivity contribution >= 4 is 15.5 Å². The standard InChI is InChI=1S/C14H19NO4S/c15-12-3-1-2-4-13(12)20(16,17)11-5-7-19-14(9-11)6-8-18-10-14/h1-4,11H,5-10,15H2. The Bertz CT molecular complexity index is 593. The Morgan fingerprint density at radius 2 is 2.05 bits per heavy atom. The molecule has 2 unspecified atom stereocenters. The number of anilines is 1. The average molecular weight is 297 g/mol. The van der Waals surface area contributed by atoms with Crippen LogP contribution in [-0.4, -0.2) is 39.1 Å². The maximum Gasteiger partial charge on any atom is 0.183 e. The Hall–Kier alpha value is -1.11. The van der Waals surface area contributed by atoms with Gasteiger partial charge in [-0.05, 0) is 25.0 Å². The van der Waals surface area contributed by atoms with Crippen LogP contribution in [0.3, 0.4) is 0 Å². The van der Waals surface area contributed by atoms with Gasteiger partial charge < -0.3 is 15.2 Å². The van der Waals surface area contributed by atoms with Crippen LogP contribution in [0.4, 0.5) is 5.69 Å². The maximum absolute atomic E-state index is 12.8. The van der Waals surface area contributed by atoms with Crippen molar-refractivity contribution in [2.24, 2.45) is 0 Å². The Kier molecular flexibility index (Phi) is 3.48. The van der Waals surface area contributed by atoms with Gasteiger partial charge >= 0.3 is 0 Å². The zero-order valence-corrected chi connectivity index (χ0v) is 12.1. The number of para-hydroxylation sites is 1. The van der Waals surface area contributed by atoms with Gasteiger partial charge in [-0.25, -0.2) is 8.42 Å². The molecule has 2 N–H and O–H groups in total. The van der Waals surface area contributed by atoms with Crippen LogP contribution in [0.5, 0.6) is 0 Å². The van der Waals surface area contributed by atoms with Crippen LogP contribution >= 0.6 is 0 Å². The first-order chi connectivity index (χ1) is 9.54. The second kappa shape index (κ2) is 5.02. The van der Waals surface area contributed by atoms with E-state index in [2.05, 4.69) is 0 Å². The Balaban J connectivity index is 1.90. The molecule has 6 heteroatoms. The number of nitrogen functional groups attached to an aromatic ring is 1. The van der Waals surface area contributed by atoms with Crippen molar-refractivity contribution in [1.29, 1.82) is 0 Å². The minimum absolute atomic E-state index is 0.237. The highest BCUT2D eigenvalue weighted by molar-refractivity contribution is 7.92. The summed E-state index contributed by atoms with van der Waals surface area (Å²) in [6.45, 7) is 1.59. The van der Waals surface area contributed by atoms with Crippen LogP contribution in [-0.2, 0) is 19.3 Å². The number of hydrogen-bond acceptors (Lipinski definition) is 5. The van der Waals surface area contributed by atoms with Crippen molar-refractivity contribution in [3.8, 4) is 0 Å². The van der Waals surface area contributed by atoms with Crippen molar-refractivity contribution in [2.75, 3.05) is 25.6 Å². The highest BCUT2D eigenvalue weighted by atomic mass is 32.2. The molecule has 0 amide bonds. The number of benzene rings is 1. The van der Waals surface area contributed by atoms with E-state index in [1.807, 2.05) is 0 Å². The average Bonchev–Trinajstić information content (AvgIpc) is 2.87. The molecule has 1 aromatic carbocycles. The van der Waals surface area contributed by atoms with E-state index < -0.39 is 20.7 Å². The third kappa shape index (κ3) is 2.32. The fraction of sp³-hybridized carbons (Fsp3) is 0.571. The van der Waals surface area contributed by atoms with Crippen molar-refractivity contribution in [3.63, 3.8) is 0 Å². The predicted molar refractivity (Wildman–Crippen MR) is 75.2 cm³/mol. The largest absolute Gasteiger partial charge is 0.398 e. The first kappa shape index (κ1) is 13.9. The lowest BCUT2D eigenvalue weighted by atomic mass is 9.93. The smallest absolute Gasteiger partial charge is 0.183 e. The summed E-state index contributed by atoms with van der Waals surface area (Å²) in [5.74, 6) is 0. The molecule has 2 aliphatic heterocycles. The molecule has 2 heterocycles. The van der Waals surface area contributed by atoms with Crippen molar-refractivity contribution < 1.29 is 17.9 Å². The van der Waals surface area contributed by atoms with Gasteiger partial charge in [0, 0.05) is 19.6 Å². The normalized spacial score (nSPS) is 30.7. The molecule has 2 aliphatic rings. The zero-order valence-electron chi connectivity index (χ0n) is 11.2. The van der Waals surface area contributed by atoms with Gasteiger partial charge in [-0.1, -0.05) is 12.1 Å². The fourth-order valence-electron chi connectivity index (χ4n) is 3.03. The highest BCUT2D eigenvalue weighted by Gasteiger charge is 2.45. The molecule has 0 aliphatic carbocycles. The van der Waals surface area contributed by atoms with Crippen molar-refractivity contribution in [1.82, 2.24) is 0 Å². The van der Waals surface area contributed by atoms with Gasteiger partial charge in [0.05, 0.1) is 28.0 Å². The molecule has 2 fully saturated rings. The lowest BCUT2D eigenvalue weighted by molar-refractivity contribution is -0.0778. The topological polar surface area (TPSA) is 78.6 Å². The van der Waals surface area contributed by atoms with Crippen LogP contribution < -0.4 is 5.73 Å². The van der Waals surface area contributed by atoms with Gasteiger partial charge in [-0.15, -0.1) is 0 Å². The molecule has 2 saturated heterocycles. The molecule has 20 heavy (non-hydrogen) atoms. The second-order valence-corrected chi connectivity index (χ2v) is 7.73. The predicted octanol–water partition coefficient (Wildman–Crippen LogP) is 1.38. The molecule has 1 aromatic rings. The van der Waals surface area contributed by atoms with Gasteiger partial charge in [-0.3, -0.25) is 0 Å². The third-order valence-electron chi connectivity index (χ3n) is 4.18. The van der Waals surface area contributed by atoms with Crippen LogP contribution in [0.2, 0.25) is 0 Å². The molecule has 3 rings (SSSR count). The molecular formula is C14H19NO4S. The van der Waals surface area contributed by atoms with Crippen LogP contribution in [0.25, 0.3) is 0 Å². The van der Waals surface area contributed by atoms with Crippen LogP contribution in [0.1, 0.15) is 19.3 Å². The Morgan fingerprint density at radius 1 is 1.25 bits per heavy atom. The lowest BCUT2D eigenvalue weighted by Crippen LogP contribution is -2.45. The van der Waals surface area contributed by atoms with E-state index in [1.165, 1.54) is 0 Å². The molecule has 5 nitrogen and oxygen atoms in total. The monoisotopic (exact) mass is 297 g/mol. The third-order valence-corrected chi connectivity index (χ3v) is 6.44. The van der Waals surface area contributed by atoms with E-state index in [9.17, 15) is 8.42 Å². The van der Waals surface area contributed by atoms with E-state index in [4.69, 9.17) is 15.2 Å². The zero-order chi connectivity index (χ0) is 14.2. The summed E-state index contributed by atoms with van der Waals surface area (Å²) in [6.07, 6.45) is 1.77. The molecule has 0 bridgehead atoms. The van der Waals surface area contributed by atoms with Gasteiger partial charge in [-0.2, -0.15) is 0 Å². The molecule has 0 radical (unpaired) electrons. The van der Waals surface area contributed by atoms with Gasteiger partial charge in [0.1, 0.15) is 0 Å². The SMILES string of the molecule is Nc1ccccc1S(=O)(=O)C1CCOC2(CCOC2)C1. The van der Waals surface area contributed by atoms with E-state index in [0.717, 1.165) is 6.42 Å². The summed E-state index contributed by atoms with van der Waals surface area (Å²) in [5.41, 5.74) is 5.72. The summed E-state index contributed by atoms with van der Waals surface area (Å²) in [7, 11) is -3.42. The van der Waals surface area contributed by atoms with E-state index >= 15 is 0 Å². The van der Waals surface area contributed by atoms with E-state index in [0.29, 0.717) is 38.3 Å². The summed E-state index contributed by atoms with van der Waals surface area (Å²) in [5, 5.41) is -0.442.